The zero-order chi connectivity index (χ0) is 20.0. The Bertz CT molecular complexity index is 772. The second kappa shape index (κ2) is 9.22. The molecule has 1 fully saturated rings. The number of benzene rings is 1. The molecule has 1 aliphatic rings. The van der Waals surface area contributed by atoms with Gasteiger partial charge in [0, 0.05) is 0 Å². The standard InChI is InChI=1S/C18H19NO7S/c1-4-25-15(20)10-26-13-7-5-12(6-8-13)9-14-16(21)19(18(23)27-14)11(2)17(22)24-3/h5-9,11H,4,10H2,1-3H3/b14-9-/t11-/m1/s1. The Kier molecular flexibility index (Phi) is 7.00. The molecule has 1 aliphatic heterocycles. The Morgan fingerprint density at radius 1 is 1.22 bits per heavy atom. The maximum absolute atomic E-state index is 12.4. The van der Waals surface area contributed by atoms with Crippen LogP contribution >= 0.6 is 11.8 Å². The van der Waals surface area contributed by atoms with Crippen LogP contribution in [0.4, 0.5) is 4.79 Å². The number of rotatable bonds is 7. The third-order valence-corrected chi connectivity index (χ3v) is 4.48. The summed E-state index contributed by atoms with van der Waals surface area (Å²) in [6, 6.07) is 5.63. The molecule has 2 rings (SSSR count). The van der Waals surface area contributed by atoms with Crippen LogP contribution < -0.4 is 4.74 Å². The molecular weight excluding hydrogens is 374 g/mol. The number of hydrogen-bond donors (Lipinski definition) is 0. The van der Waals surface area contributed by atoms with Gasteiger partial charge in [0.1, 0.15) is 11.8 Å². The van der Waals surface area contributed by atoms with Crippen LogP contribution in [0.15, 0.2) is 29.2 Å². The lowest BCUT2D eigenvalue weighted by Gasteiger charge is -2.18. The van der Waals surface area contributed by atoms with Crippen molar-refractivity contribution in [2.24, 2.45) is 0 Å². The summed E-state index contributed by atoms with van der Waals surface area (Å²) in [5.41, 5.74) is 0.662. The lowest BCUT2D eigenvalue weighted by molar-refractivity contribution is -0.148. The van der Waals surface area contributed by atoms with Gasteiger partial charge in [-0.2, -0.15) is 0 Å². The minimum atomic E-state index is -0.993. The second-order valence-electron chi connectivity index (χ2n) is 5.41. The first-order valence-corrected chi connectivity index (χ1v) is 8.92. The van der Waals surface area contributed by atoms with Crippen LogP contribution in [-0.4, -0.2) is 54.4 Å². The summed E-state index contributed by atoms with van der Waals surface area (Å²) in [7, 11) is 1.19. The van der Waals surface area contributed by atoms with E-state index >= 15 is 0 Å². The number of carbonyl (C=O) groups is 4. The van der Waals surface area contributed by atoms with Crippen LogP contribution in [0.3, 0.4) is 0 Å². The molecule has 1 atom stereocenters. The molecule has 1 aromatic rings. The van der Waals surface area contributed by atoms with E-state index < -0.39 is 29.1 Å². The summed E-state index contributed by atoms with van der Waals surface area (Å²) < 4.78 is 14.6. The molecule has 9 heteroatoms. The fourth-order valence-corrected chi connectivity index (χ4v) is 3.15. The zero-order valence-corrected chi connectivity index (χ0v) is 15.9. The monoisotopic (exact) mass is 393 g/mol. The van der Waals surface area contributed by atoms with Gasteiger partial charge in [-0.1, -0.05) is 12.1 Å². The van der Waals surface area contributed by atoms with Crippen molar-refractivity contribution in [1.82, 2.24) is 4.90 Å². The Morgan fingerprint density at radius 2 is 1.89 bits per heavy atom. The Labute approximate surface area is 160 Å². The van der Waals surface area contributed by atoms with Gasteiger partial charge in [-0.05, 0) is 49.4 Å². The van der Waals surface area contributed by atoms with Gasteiger partial charge in [0.2, 0.25) is 0 Å². The zero-order valence-electron chi connectivity index (χ0n) is 15.1. The Hall–Kier alpha value is -2.81. The molecule has 1 heterocycles. The molecule has 0 N–H and O–H groups in total. The van der Waals surface area contributed by atoms with E-state index in [1.54, 1.807) is 37.3 Å². The van der Waals surface area contributed by atoms with Crippen molar-refractivity contribution >= 4 is 40.9 Å². The molecule has 0 spiro atoms. The van der Waals surface area contributed by atoms with Gasteiger partial charge in [0.25, 0.3) is 11.1 Å². The van der Waals surface area contributed by atoms with Crippen LogP contribution in [0.1, 0.15) is 19.4 Å². The highest BCUT2D eigenvalue weighted by Gasteiger charge is 2.41. The molecule has 1 saturated heterocycles. The van der Waals surface area contributed by atoms with Gasteiger partial charge in [-0.15, -0.1) is 0 Å². The number of carbonyl (C=O) groups excluding carboxylic acids is 4. The Balaban J connectivity index is 2.06. The van der Waals surface area contributed by atoms with Crippen molar-refractivity contribution in [3.63, 3.8) is 0 Å². The van der Waals surface area contributed by atoms with Gasteiger partial charge < -0.3 is 14.2 Å². The van der Waals surface area contributed by atoms with E-state index in [9.17, 15) is 19.2 Å². The molecule has 8 nitrogen and oxygen atoms in total. The highest BCUT2D eigenvalue weighted by molar-refractivity contribution is 8.18. The molecule has 0 saturated carbocycles. The number of nitrogens with zero attached hydrogens (tertiary/aromatic N) is 1. The number of methoxy groups -OCH3 is 1. The quantitative estimate of drug-likeness (QED) is 0.514. The first kappa shape index (κ1) is 20.5. The smallest absolute Gasteiger partial charge is 0.344 e. The van der Waals surface area contributed by atoms with E-state index in [1.165, 1.54) is 14.0 Å². The summed E-state index contributed by atoms with van der Waals surface area (Å²) in [5.74, 6) is -1.21. The molecule has 1 aromatic carbocycles. The van der Waals surface area contributed by atoms with Crippen molar-refractivity contribution < 1.29 is 33.4 Å². The van der Waals surface area contributed by atoms with E-state index in [0.29, 0.717) is 11.3 Å². The first-order chi connectivity index (χ1) is 12.9. The van der Waals surface area contributed by atoms with Crippen LogP contribution in [0, 0.1) is 0 Å². The molecule has 144 valence electrons. The average Bonchev–Trinajstić information content (AvgIpc) is 2.93. The largest absolute Gasteiger partial charge is 0.482 e. The molecule has 27 heavy (non-hydrogen) atoms. The summed E-state index contributed by atoms with van der Waals surface area (Å²) >= 11 is 0.755. The number of thioether (sulfide) groups is 1. The molecule has 0 aromatic heterocycles. The van der Waals surface area contributed by atoms with Gasteiger partial charge in [-0.25, -0.2) is 9.59 Å². The minimum absolute atomic E-state index is 0.197. The third-order valence-electron chi connectivity index (χ3n) is 3.59. The summed E-state index contributed by atoms with van der Waals surface area (Å²) in [4.78, 5) is 48.4. The molecule has 2 amide bonds. The number of imide groups is 1. The van der Waals surface area contributed by atoms with Crippen molar-refractivity contribution in [1.29, 1.82) is 0 Å². The van der Waals surface area contributed by atoms with E-state index in [0.717, 1.165) is 16.7 Å². The van der Waals surface area contributed by atoms with Gasteiger partial charge >= 0.3 is 11.9 Å². The third kappa shape index (κ3) is 5.10. The van der Waals surface area contributed by atoms with Gasteiger partial charge in [-0.3, -0.25) is 14.5 Å². The maximum Gasteiger partial charge on any atom is 0.344 e. The van der Waals surface area contributed by atoms with E-state index in [2.05, 4.69) is 4.74 Å². The van der Waals surface area contributed by atoms with Crippen LogP contribution in [0.5, 0.6) is 5.75 Å². The molecular formula is C18H19NO7S. The van der Waals surface area contributed by atoms with E-state index in [1.807, 2.05) is 0 Å². The predicted molar refractivity (Wildman–Crippen MR) is 97.9 cm³/mol. The number of hydrogen-bond acceptors (Lipinski definition) is 8. The molecule has 0 bridgehead atoms. The van der Waals surface area contributed by atoms with Crippen molar-refractivity contribution in [3.8, 4) is 5.75 Å². The Morgan fingerprint density at radius 3 is 2.48 bits per heavy atom. The maximum atomic E-state index is 12.4. The second-order valence-corrected chi connectivity index (χ2v) is 6.41. The lowest BCUT2D eigenvalue weighted by atomic mass is 10.2. The summed E-state index contributed by atoms with van der Waals surface area (Å²) in [5, 5.41) is -0.529. The number of amides is 2. The molecule has 0 aliphatic carbocycles. The highest BCUT2D eigenvalue weighted by Crippen LogP contribution is 2.34. The average molecular weight is 393 g/mol. The highest BCUT2D eigenvalue weighted by atomic mass is 32.2. The molecule has 0 unspecified atom stereocenters. The van der Waals surface area contributed by atoms with E-state index in [-0.39, 0.29) is 18.1 Å². The molecule has 0 radical (unpaired) electrons. The fraction of sp³-hybridized carbons (Fsp3) is 0.333. The van der Waals surface area contributed by atoms with Crippen LogP contribution in [-0.2, 0) is 23.9 Å². The van der Waals surface area contributed by atoms with Gasteiger partial charge in [0.15, 0.2) is 6.61 Å². The normalized spacial score (nSPS) is 16.4. The topological polar surface area (TPSA) is 99.2 Å². The van der Waals surface area contributed by atoms with Crippen molar-refractivity contribution in [2.75, 3.05) is 20.3 Å². The van der Waals surface area contributed by atoms with Crippen LogP contribution in [0.2, 0.25) is 0 Å². The minimum Gasteiger partial charge on any atom is -0.482 e. The van der Waals surface area contributed by atoms with Gasteiger partial charge in [0.05, 0.1) is 18.6 Å². The first-order valence-electron chi connectivity index (χ1n) is 8.10. The van der Waals surface area contributed by atoms with Crippen LogP contribution in [0.25, 0.3) is 6.08 Å². The predicted octanol–water partition coefficient (Wildman–Crippen LogP) is 2.23. The summed E-state index contributed by atoms with van der Waals surface area (Å²) in [6.45, 7) is 3.23. The number of ether oxygens (including phenoxy) is 3. The summed E-state index contributed by atoms with van der Waals surface area (Å²) in [6.07, 6.45) is 1.55. The SMILES string of the molecule is CCOC(=O)COc1ccc(/C=C2\SC(=O)N([C@H](C)C(=O)OC)C2=O)cc1. The van der Waals surface area contributed by atoms with E-state index in [4.69, 9.17) is 9.47 Å². The lowest BCUT2D eigenvalue weighted by Crippen LogP contribution is -2.42. The fourth-order valence-electron chi connectivity index (χ4n) is 2.25. The number of esters is 2. The van der Waals surface area contributed by atoms with Crippen molar-refractivity contribution in [3.05, 3.63) is 34.7 Å². The van der Waals surface area contributed by atoms with Crippen molar-refractivity contribution in [2.45, 2.75) is 19.9 Å².